The van der Waals surface area contributed by atoms with E-state index < -0.39 is 0 Å². The summed E-state index contributed by atoms with van der Waals surface area (Å²) in [6.45, 7) is 11.4. The molecule has 0 spiro atoms. The van der Waals surface area contributed by atoms with E-state index >= 15 is 0 Å². The van der Waals surface area contributed by atoms with Gasteiger partial charge in [-0.1, -0.05) is 0 Å². The molecular formula is C13H24N4O. The van der Waals surface area contributed by atoms with Gasteiger partial charge in [0.05, 0.1) is 18.0 Å². The quantitative estimate of drug-likeness (QED) is 0.820. The first kappa shape index (κ1) is 13.5. The van der Waals surface area contributed by atoms with Crippen molar-refractivity contribution in [3.05, 3.63) is 17.5 Å². The van der Waals surface area contributed by atoms with Crippen LogP contribution in [0.15, 0.2) is 6.07 Å². The molecule has 0 aromatic carbocycles. The molecule has 1 aliphatic rings. The van der Waals surface area contributed by atoms with Crippen molar-refractivity contribution in [3.63, 3.8) is 0 Å². The fourth-order valence-electron chi connectivity index (χ4n) is 2.54. The Morgan fingerprint density at radius 3 is 2.50 bits per heavy atom. The number of piperazine rings is 1. The van der Waals surface area contributed by atoms with E-state index in [0.717, 1.165) is 51.5 Å². The van der Waals surface area contributed by atoms with Crippen LogP contribution in [0, 0.1) is 6.92 Å². The maximum Gasteiger partial charge on any atom is 0.0597 e. The third kappa shape index (κ3) is 3.31. The normalized spacial score (nSPS) is 18.4. The molecule has 0 saturated carbocycles. The standard InChI is InChI=1S/C13H24N4O/c1-3-17-13(10-12(2)14-17)11-16-6-4-15(5-7-16)8-9-18/h10,18H,3-9,11H2,1-2H3. The zero-order valence-corrected chi connectivity index (χ0v) is 11.5. The number of β-amino-alcohol motifs (C(OH)–C–C–N with tert-alkyl or cyclic N) is 1. The van der Waals surface area contributed by atoms with Gasteiger partial charge in [-0.2, -0.15) is 5.10 Å². The molecule has 0 bridgehead atoms. The number of aliphatic hydroxyl groups excluding tert-OH is 1. The molecule has 1 aliphatic heterocycles. The van der Waals surface area contributed by atoms with Gasteiger partial charge in [-0.15, -0.1) is 0 Å². The summed E-state index contributed by atoms with van der Waals surface area (Å²) < 4.78 is 2.09. The molecule has 0 unspecified atom stereocenters. The van der Waals surface area contributed by atoms with Crippen molar-refractivity contribution in [1.82, 2.24) is 19.6 Å². The van der Waals surface area contributed by atoms with Gasteiger partial charge in [0.15, 0.2) is 0 Å². The monoisotopic (exact) mass is 252 g/mol. The van der Waals surface area contributed by atoms with Crippen molar-refractivity contribution in [1.29, 1.82) is 0 Å². The summed E-state index contributed by atoms with van der Waals surface area (Å²) in [7, 11) is 0. The predicted molar refractivity (Wildman–Crippen MR) is 71.4 cm³/mol. The molecule has 2 heterocycles. The summed E-state index contributed by atoms with van der Waals surface area (Å²) in [5, 5.41) is 13.4. The van der Waals surface area contributed by atoms with Gasteiger partial charge >= 0.3 is 0 Å². The van der Waals surface area contributed by atoms with Crippen molar-refractivity contribution in [2.24, 2.45) is 0 Å². The molecule has 0 amide bonds. The van der Waals surface area contributed by atoms with Crippen molar-refractivity contribution in [2.45, 2.75) is 26.9 Å². The van der Waals surface area contributed by atoms with Crippen LogP contribution in [0.1, 0.15) is 18.3 Å². The highest BCUT2D eigenvalue weighted by Crippen LogP contribution is 2.10. The number of aryl methyl sites for hydroxylation is 2. The fraction of sp³-hybridized carbons (Fsp3) is 0.769. The number of hydrogen-bond acceptors (Lipinski definition) is 4. The number of aliphatic hydroxyl groups is 1. The summed E-state index contributed by atoms with van der Waals surface area (Å²) in [6.07, 6.45) is 0. The average Bonchev–Trinajstić information content (AvgIpc) is 2.72. The van der Waals surface area contributed by atoms with Gasteiger partial charge in [-0.25, -0.2) is 0 Å². The van der Waals surface area contributed by atoms with Crippen molar-refractivity contribution in [2.75, 3.05) is 39.3 Å². The minimum Gasteiger partial charge on any atom is -0.395 e. The van der Waals surface area contributed by atoms with E-state index in [4.69, 9.17) is 5.11 Å². The van der Waals surface area contributed by atoms with Crippen LogP contribution in [0.4, 0.5) is 0 Å². The molecule has 1 saturated heterocycles. The van der Waals surface area contributed by atoms with Crippen LogP contribution in [-0.2, 0) is 13.1 Å². The summed E-state index contributed by atoms with van der Waals surface area (Å²) in [5.41, 5.74) is 2.41. The maximum atomic E-state index is 8.92. The SMILES string of the molecule is CCn1nc(C)cc1CN1CCN(CCO)CC1. The van der Waals surface area contributed by atoms with Crippen LogP contribution in [0.5, 0.6) is 0 Å². The largest absolute Gasteiger partial charge is 0.395 e. The summed E-state index contributed by atoms with van der Waals surface area (Å²) >= 11 is 0. The zero-order valence-electron chi connectivity index (χ0n) is 11.5. The first-order chi connectivity index (χ1) is 8.72. The van der Waals surface area contributed by atoms with Crippen molar-refractivity contribution >= 4 is 0 Å². The van der Waals surface area contributed by atoms with Crippen molar-refractivity contribution in [3.8, 4) is 0 Å². The second-order valence-corrected chi connectivity index (χ2v) is 4.93. The Bertz CT molecular complexity index is 369. The molecule has 2 rings (SSSR count). The van der Waals surface area contributed by atoms with Crippen LogP contribution < -0.4 is 0 Å². The van der Waals surface area contributed by atoms with Crippen LogP contribution in [0.25, 0.3) is 0 Å². The second kappa shape index (κ2) is 6.31. The Morgan fingerprint density at radius 1 is 1.22 bits per heavy atom. The van der Waals surface area contributed by atoms with Gasteiger partial charge in [0.25, 0.3) is 0 Å². The molecule has 0 aliphatic carbocycles. The zero-order chi connectivity index (χ0) is 13.0. The highest BCUT2D eigenvalue weighted by Gasteiger charge is 2.17. The molecule has 0 radical (unpaired) electrons. The lowest BCUT2D eigenvalue weighted by molar-refractivity contribution is 0.107. The number of nitrogens with zero attached hydrogens (tertiary/aromatic N) is 4. The molecule has 5 nitrogen and oxygen atoms in total. The van der Waals surface area contributed by atoms with Crippen LogP contribution in [0.2, 0.25) is 0 Å². The van der Waals surface area contributed by atoms with E-state index in [0.29, 0.717) is 0 Å². The first-order valence-corrected chi connectivity index (χ1v) is 6.82. The molecule has 18 heavy (non-hydrogen) atoms. The van der Waals surface area contributed by atoms with Gasteiger partial charge in [-0.05, 0) is 19.9 Å². The topological polar surface area (TPSA) is 44.5 Å². The maximum absolute atomic E-state index is 8.92. The lowest BCUT2D eigenvalue weighted by atomic mass is 10.2. The molecule has 1 aromatic heterocycles. The highest BCUT2D eigenvalue weighted by molar-refractivity contribution is 5.09. The fourth-order valence-corrected chi connectivity index (χ4v) is 2.54. The molecule has 102 valence electrons. The van der Waals surface area contributed by atoms with E-state index in [-0.39, 0.29) is 6.61 Å². The smallest absolute Gasteiger partial charge is 0.0597 e. The molecule has 1 N–H and O–H groups in total. The molecule has 1 fully saturated rings. The van der Waals surface area contributed by atoms with E-state index in [9.17, 15) is 0 Å². The van der Waals surface area contributed by atoms with Gasteiger partial charge in [-0.3, -0.25) is 14.5 Å². The Hall–Kier alpha value is -0.910. The summed E-state index contributed by atoms with van der Waals surface area (Å²) in [5.74, 6) is 0. The van der Waals surface area contributed by atoms with Gasteiger partial charge in [0.1, 0.15) is 0 Å². The molecular weight excluding hydrogens is 228 g/mol. The lowest BCUT2D eigenvalue weighted by Crippen LogP contribution is -2.46. The minimum absolute atomic E-state index is 0.266. The third-order valence-electron chi connectivity index (χ3n) is 3.55. The Labute approximate surface area is 109 Å². The third-order valence-corrected chi connectivity index (χ3v) is 3.55. The van der Waals surface area contributed by atoms with Gasteiger partial charge in [0, 0.05) is 45.8 Å². The van der Waals surface area contributed by atoms with E-state index in [1.807, 2.05) is 0 Å². The average molecular weight is 252 g/mol. The number of aromatic nitrogens is 2. The van der Waals surface area contributed by atoms with Crippen LogP contribution >= 0.6 is 0 Å². The number of hydrogen-bond donors (Lipinski definition) is 1. The first-order valence-electron chi connectivity index (χ1n) is 6.82. The van der Waals surface area contributed by atoms with Gasteiger partial charge in [0.2, 0.25) is 0 Å². The van der Waals surface area contributed by atoms with Crippen LogP contribution in [0.3, 0.4) is 0 Å². The van der Waals surface area contributed by atoms with E-state index in [2.05, 4.69) is 39.5 Å². The van der Waals surface area contributed by atoms with Crippen molar-refractivity contribution < 1.29 is 5.11 Å². The van der Waals surface area contributed by atoms with Gasteiger partial charge < -0.3 is 5.11 Å². The molecule has 0 atom stereocenters. The predicted octanol–water partition coefficient (Wildman–Crippen LogP) is 0.321. The summed E-state index contributed by atoms with van der Waals surface area (Å²) in [4.78, 5) is 4.79. The second-order valence-electron chi connectivity index (χ2n) is 4.93. The molecule has 1 aromatic rings. The molecule has 5 heteroatoms. The highest BCUT2D eigenvalue weighted by atomic mass is 16.3. The minimum atomic E-state index is 0.266. The van der Waals surface area contributed by atoms with Crippen LogP contribution in [-0.4, -0.2) is 64.0 Å². The van der Waals surface area contributed by atoms with E-state index in [1.54, 1.807) is 0 Å². The Balaban J connectivity index is 1.87. The lowest BCUT2D eigenvalue weighted by Gasteiger charge is -2.34. The Kier molecular flexibility index (Phi) is 4.74. The van der Waals surface area contributed by atoms with E-state index in [1.165, 1.54) is 5.69 Å². The Morgan fingerprint density at radius 2 is 1.89 bits per heavy atom. The summed E-state index contributed by atoms with van der Waals surface area (Å²) in [6, 6.07) is 2.18. The number of rotatable bonds is 5.